The summed E-state index contributed by atoms with van der Waals surface area (Å²) in [5, 5.41) is 12.6. The Bertz CT molecular complexity index is 737. The van der Waals surface area contributed by atoms with E-state index in [9.17, 15) is 0 Å². The Morgan fingerprint density at radius 2 is 2.16 bits per heavy atom. The number of halogens is 1. The second-order valence-corrected chi connectivity index (χ2v) is 7.31. The van der Waals surface area contributed by atoms with Gasteiger partial charge in [0, 0.05) is 30.8 Å². The number of hydrogen-bond donors (Lipinski definition) is 2. The van der Waals surface area contributed by atoms with Crippen molar-refractivity contribution in [3.8, 4) is 0 Å². The zero-order valence-electron chi connectivity index (χ0n) is 15.2. The van der Waals surface area contributed by atoms with Crippen molar-refractivity contribution >= 4 is 41.3 Å². The van der Waals surface area contributed by atoms with Gasteiger partial charge in [-0.3, -0.25) is 4.99 Å². The molecular formula is C16H26IN7S. The molecule has 1 atom stereocenters. The molecule has 0 spiro atoms. The largest absolute Gasteiger partial charge is 0.352 e. The number of hydrogen-bond acceptors (Lipinski definition) is 5. The predicted molar refractivity (Wildman–Crippen MR) is 112 cm³/mol. The molecule has 0 saturated carbocycles. The Hall–Kier alpha value is -1.23. The minimum absolute atomic E-state index is 0. The van der Waals surface area contributed by atoms with Crippen LogP contribution in [-0.2, 0) is 25.9 Å². The van der Waals surface area contributed by atoms with E-state index in [4.69, 9.17) is 0 Å². The van der Waals surface area contributed by atoms with Gasteiger partial charge in [0.15, 0.2) is 11.8 Å². The van der Waals surface area contributed by atoms with Gasteiger partial charge in [-0.15, -0.1) is 35.3 Å². The highest BCUT2D eigenvalue weighted by Crippen LogP contribution is 2.17. The van der Waals surface area contributed by atoms with E-state index >= 15 is 0 Å². The molecule has 0 fully saturated rings. The molecule has 0 amide bonds. The van der Waals surface area contributed by atoms with Crippen molar-refractivity contribution in [3.05, 3.63) is 27.2 Å². The zero-order valence-corrected chi connectivity index (χ0v) is 18.3. The molecule has 2 aromatic heterocycles. The molecule has 1 unspecified atom stereocenters. The Morgan fingerprint density at radius 3 is 2.80 bits per heavy atom. The molecule has 0 aromatic carbocycles. The number of aryl methyl sites for hydroxylation is 4. The lowest BCUT2D eigenvalue weighted by Gasteiger charge is -2.25. The fourth-order valence-electron chi connectivity index (χ4n) is 2.92. The van der Waals surface area contributed by atoms with Gasteiger partial charge in [-0.1, -0.05) is 6.92 Å². The van der Waals surface area contributed by atoms with Crippen LogP contribution in [0.4, 0.5) is 0 Å². The smallest absolute Gasteiger partial charge is 0.191 e. The van der Waals surface area contributed by atoms with Crippen molar-refractivity contribution in [2.24, 2.45) is 4.99 Å². The minimum atomic E-state index is 0. The second-order valence-electron chi connectivity index (χ2n) is 6.03. The maximum absolute atomic E-state index is 4.56. The lowest BCUT2D eigenvalue weighted by Crippen LogP contribution is -2.46. The van der Waals surface area contributed by atoms with Gasteiger partial charge in [-0.25, -0.2) is 14.6 Å². The molecule has 0 radical (unpaired) electrons. The fraction of sp³-hybridized carbons (Fsp3) is 0.625. The summed E-state index contributed by atoms with van der Waals surface area (Å²) >= 11 is 1.73. The summed E-state index contributed by atoms with van der Waals surface area (Å²) in [6, 6.07) is 0.319. The zero-order chi connectivity index (χ0) is 17.1. The quantitative estimate of drug-likeness (QED) is 0.403. The van der Waals surface area contributed by atoms with Crippen LogP contribution in [0.2, 0.25) is 0 Å². The summed E-state index contributed by atoms with van der Waals surface area (Å²) in [4.78, 5) is 14.6. The highest BCUT2D eigenvalue weighted by Gasteiger charge is 2.22. The van der Waals surface area contributed by atoms with Gasteiger partial charge in [-0.05, 0) is 20.3 Å². The lowest BCUT2D eigenvalue weighted by atomic mass is 10.1. The van der Waals surface area contributed by atoms with Crippen LogP contribution < -0.4 is 10.6 Å². The van der Waals surface area contributed by atoms with Gasteiger partial charge >= 0.3 is 0 Å². The average molecular weight is 475 g/mol. The minimum Gasteiger partial charge on any atom is -0.352 e. The van der Waals surface area contributed by atoms with Gasteiger partial charge in [0.05, 0.1) is 23.8 Å². The number of rotatable bonds is 4. The normalized spacial score (nSPS) is 17.0. The molecule has 1 aliphatic heterocycles. The first-order valence-corrected chi connectivity index (χ1v) is 9.23. The van der Waals surface area contributed by atoms with Crippen molar-refractivity contribution in [2.45, 2.75) is 59.2 Å². The molecule has 1 aliphatic rings. The number of nitrogens with zero attached hydrogens (tertiary/aromatic N) is 5. The Kier molecular flexibility index (Phi) is 7.17. The molecule has 2 N–H and O–H groups in total. The first-order valence-electron chi connectivity index (χ1n) is 8.41. The predicted octanol–water partition coefficient (Wildman–Crippen LogP) is 2.21. The number of thiazole rings is 1. The van der Waals surface area contributed by atoms with Crippen molar-refractivity contribution < 1.29 is 0 Å². The van der Waals surface area contributed by atoms with Gasteiger partial charge in [0.1, 0.15) is 5.82 Å². The van der Waals surface area contributed by atoms with Crippen LogP contribution in [0.1, 0.15) is 40.6 Å². The molecule has 0 saturated heterocycles. The van der Waals surface area contributed by atoms with Gasteiger partial charge < -0.3 is 10.6 Å². The summed E-state index contributed by atoms with van der Waals surface area (Å²) < 4.78 is 2.03. The molecule has 9 heteroatoms. The molecule has 138 valence electrons. The molecule has 2 aromatic rings. The van der Waals surface area contributed by atoms with Crippen LogP contribution in [-0.4, -0.2) is 38.8 Å². The monoisotopic (exact) mass is 475 g/mol. The molecule has 0 bridgehead atoms. The van der Waals surface area contributed by atoms with E-state index in [1.54, 1.807) is 18.4 Å². The van der Waals surface area contributed by atoms with Crippen molar-refractivity contribution in [1.29, 1.82) is 0 Å². The van der Waals surface area contributed by atoms with Crippen LogP contribution in [0.25, 0.3) is 0 Å². The first-order chi connectivity index (χ1) is 11.6. The van der Waals surface area contributed by atoms with Crippen LogP contribution in [0, 0.1) is 13.8 Å². The maximum Gasteiger partial charge on any atom is 0.191 e. The van der Waals surface area contributed by atoms with E-state index in [1.807, 2.05) is 11.6 Å². The van der Waals surface area contributed by atoms with Crippen molar-refractivity contribution in [3.63, 3.8) is 0 Å². The third-order valence-electron chi connectivity index (χ3n) is 4.20. The molecular weight excluding hydrogens is 449 g/mol. The molecule has 7 nitrogen and oxygen atoms in total. The summed E-state index contributed by atoms with van der Waals surface area (Å²) in [6.07, 6.45) is 2.88. The summed E-state index contributed by atoms with van der Waals surface area (Å²) in [7, 11) is 1.80. The Morgan fingerprint density at radius 1 is 1.36 bits per heavy atom. The lowest BCUT2D eigenvalue weighted by molar-refractivity contribution is 0.392. The topological polar surface area (TPSA) is 80.0 Å². The highest BCUT2D eigenvalue weighted by molar-refractivity contribution is 14.0. The molecule has 3 heterocycles. The van der Waals surface area contributed by atoms with E-state index in [1.165, 1.54) is 4.88 Å². The van der Waals surface area contributed by atoms with E-state index < -0.39 is 0 Å². The van der Waals surface area contributed by atoms with Gasteiger partial charge in [-0.2, -0.15) is 5.10 Å². The SMILES string of the molecule is CCc1nc2n(n1)CC(NC(=NC)NCc1sc(C)nc1C)CC2.I. The molecule has 0 aliphatic carbocycles. The van der Waals surface area contributed by atoms with Crippen LogP contribution in [0.5, 0.6) is 0 Å². The first kappa shape index (κ1) is 20.1. The number of fused-ring (bicyclic) bond motifs is 1. The Balaban J connectivity index is 0.00000225. The number of aromatic nitrogens is 4. The summed E-state index contributed by atoms with van der Waals surface area (Å²) in [5.41, 5.74) is 1.09. The third-order valence-corrected chi connectivity index (χ3v) is 5.27. The van der Waals surface area contributed by atoms with E-state index in [0.717, 1.165) is 60.7 Å². The van der Waals surface area contributed by atoms with Crippen LogP contribution in [0.3, 0.4) is 0 Å². The van der Waals surface area contributed by atoms with Crippen LogP contribution in [0.15, 0.2) is 4.99 Å². The number of nitrogens with one attached hydrogen (secondary N) is 2. The van der Waals surface area contributed by atoms with Gasteiger partial charge in [0.2, 0.25) is 0 Å². The van der Waals surface area contributed by atoms with Crippen molar-refractivity contribution in [2.75, 3.05) is 7.05 Å². The van der Waals surface area contributed by atoms with Gasteiger partial charge in [0.25, 0.3) is 0 Å². The number of aliphatic imine (C=N–C) groups is 1. The van der Waals surface area contributed by atoms with E-state index in [2.05, 4.69) is 44.5 Å². The average Bonchev–Trinajstić information content (AvgIpc) is 3.13. The maximum atomic E-state index is 4.56. The second kappa shape index (κ2) is 8.93. The summed E-state index contributed by atoms with van der Waals surface area (Å²) in [6.45, 7) is 7.76. The molecule has 25 heavy (non-hydrogen) atoms. The van der Waals surface area contributed by atoms with E-state index in [0.29, 0.717) is 6.04 Å². The third kappa shape index (κ3) is 4.90. The standard InChI is InChI=1S/C16H25N7S.HI/c1-5-14-21-15-7-6-12(9-23(15)22-14)20-16(17-4)18-8-13-10(2)19-11(3)24-13;/h12H,5-9H2,1-4H3,(H2,17,18,20);1H. The van der Waals surface area contributed by atoms with Crippen LogP contribution >= 0.6 is 35.3 Å². The summed E-state index contributed by atoms with van der Waals surface area (Å²) in [5.74, 6) is 2.86. The Labute approximate surface area is 169 Å². The van der Waals surface area contributed by atoms with Crippen molar-refractivity contribution in [1.82, 2.24) is 30.4 Å². The molecule has 3 rings (SSSR count). The number of guanidine groups is 1. The highest BCUT2D eigenvalue weighted by atomic mass is 127. The van der Waals surface area contributed by atoms with E-state index in [-0.39, 0.29) is 24.0 Å². The fourth-order valence-corrected chi connectivity index (χ4v) is 3.79.